The number of aromatic nitrogens is 5. The molecule has 0 amide bonds. The number of hydrogen-bond acceptors (Lipinski definition) is 4. The first-order valence-electron chi connectivity index (χ1n) is 23.3. The maximum Gasteiger partial charge on any atom is 0.238 e. The van der Waals surface area contributed by atoms with Crippen LogP contribution in [0.15, 0.2) is 188 Å². The zero-order valence-electron chi connectivity index (χ0n) is 39.8. The second-order valence-electron chi connectivity index (χ2n) is 13.7. The monoisotopic (exact) mass is 755 g/mol. The van der Waals surface area contributed by atoms with Crippen molar-refractivity contribution in [3.05, 3.63) is 188 Å². The first-order chi connectivity index (χ1) is 32.4. The minimum absolute atomic E-state index is 0.00688. The molecular weight excluding hydrogens is 715 g/mol. The Labute approximate surface area is 345 Å². The van der Waals surface area contributed by atoms with E-state index in [2.05, 4.69) is 0 Å². The highest BCUT2D eigenvalue weighted by atomic mass is 32.1. The van der Waals surface area contributed by atoms with Gasteiger partial charge in [-0.15, -0.1) is 11.3 Å². The number of rotatable bonds is 5. The fraction of sp³-hybridized carbons (Fsp3) is 0. The molecule has 0 unspecified atom stereocenters. The highest BCUT2D eigenvalue weighted by Gasteiger charge is 2.22. The van der Waals surface area contributed by atoms with E-state index in [-0.39, 0.29) is 79.3 Å². The van der Waals surface area contributed by atoms with Gasteiger partial charge in [0, 0.05) is 52.8 Å². The van der Waals surface area contributed by atoms with Gasteiger partial charge in [-0.05, 0) is 53.5 Å². The molecule has 4 heterocycles. The fourth-order valence-electron chi connectivity index (χ4n) is 7.85. The molecule has 0 aliphatic heterocycles. The van der Waals surface area contributed by atoms with E-state index in [1.165, 1.54) is 4.57 Å². The standard InChI is InChI=1S/C51H31N5S/c1-3-14-32(15-4-1)33-26-28-35(29-27-33)50-52-49(34-16-5-2-6-17-34)53-51(54-50)56-42-22-11-8-19-37(42)40-30-39-36-18-7-10-21-41(36)55(44(39)31-45(40)56)43-23-13-25-47-48(43)38-20-9-12-24-46(38)57-47/h1-31H/i7D,8D,10D,11D,18D,19D,21D,22D,30D,31D. The van der Waals surface area contributed by atoms with E-state index in [1.54, 1.807) is 15.9 Å². The molecule has 0 N–H and O–H groups in total. The van der Waals surface area contributed by atoms with Gasteiger partial charge < -0.3 is 4.57 Å². The Bertz CT molecular complexity index is 4090. The van der Waals surface area contributed by atoms with Crippen LogP contribution in [0.25, 0.3) is 109 Å². The van der Waals surface area contributed by atoms with Crippen LogP contribution in [0, 0.1) is 0 Å². The van der Waals surface area contributed by atoms with E-state index in [1.807, 2.05) is 127 Å². The largest absolute Gasteiger partial charge is 0.308 e. The van der Waals surface area contributed by atoms with E-state index in [9.17, 15) is 8.22 Å². The normalized spacial score (nSPS) is 14.3. The Morgan fingerprint density at radius 3 is 1.67 bits per heavy atom. The second kappa shape index (κ2) is 12.6. The van der Waals surface area contributed by atoms with Crippen molar-refractivity contribution >= 4 is 75.1 Å². The van der Waals surface area contributed by atoms with Crippen LogP contribution in [0.2, 0.25) is 0 Å². The smallest absolute Gasteiger partial charge is 0.238 e. The van der Waals surface area contributed by atoms with Crippen LogP contribution in [0.4, 0.5) is 0 Å². The number of nitrogens with zero attached hydrogens (tertiary/aromatic N) is 5. The Morgan fingerprint density at radius 1 is 0.404 bits per heavy atom. The Hall–Kier alpha value is -7.41. The lowest BCUT2D eigenvalue weighted by Crippen LogP contribution is -2.06. The van der Waals surface area contributed by atoms with E-state index >= 15 is 0 Å². The molecule has 8 aromatic carbocycles. The van der Waals surface area contributed by atoms with Gasteiger partial charge in [-0.25, -0.2) is 4.98 Å². The summed E-state index contributed by atoms with van der Waals surface area (Å²) in [4.78, 5) is 14.9. The van der Waals surface area contributed by atoms with Crippen LogP contribution < -0.4 is 0 Å². The molecule has 4 aromatic heterocycles. The van der Waals surface area contributed by atoms with E-state index in [0.29, 0.717) is 16.8 Å². The molecule has 0 spiro atoms. The van der Waals surface area contributed by atoms with E-state index < -0.39 is 42.3 Å². The Morgan fingerprint density at radius 2 is 0.947 bits per heavy atom. The number of thiophene rings is 1. The van der Waals surface area contributed by atoms with E-state index in [4.69, 9.17) is 20.4 Å². The van der Waals surface area contributed by atoms with Crippen molar-refractivity contribution in [1.82, 2.24) is 24.1 Å². The molecule has 5 nitrogen and oxygen atoms in total. The molecule has 57 heavy (non-hydrogen) atoms. The third-order valence-electron chi connectivity index (χ3n) is 10.4. The zero-order chi connectivity index (χ0) is 46.2. The van der Waals surface area contributed by atoms with Gasteiger partial charge in [0.05, 0.1) is 41.5 Å². The second-order valence-corrected chi connectivity index (χ2v) is 14.7. The lowest BCUT2D eigenvalue weighted by Gasteiger charge is -2.12. The molecule has 0 aliphatic carbocycles. The van der Waals surface area contributed by atoms with Crippen molar-refractivity contribution in [2.24, 2.45) is 0 Å². The summed E-state index contributed by atoms with van der Waals surface area (Å²) >= 11 is 1.56. The quantitative estimate of drug-likeness (QED) is 0.176. The SMILES string of the molecule is [2H]c1c([2H])c([2H])c2c(c1[2H])c1c([2H])c3c4c([2H])c([2H])c([2H])c([2H])c4n(-c4cccc5sc6ccccc6c45)c3c([2H])c1n2-c1nc(-c2ccccc2)nc(-c2ccc(-c3ccccc3)cc2)n1. The molecule has 0 saturated carbocycles. The minimum atomic E-state index is -0.553. The van der Waals surface area contributed by atoms with Gasteiger partial charge >= 0.3 is 0 Å². The topological polar surface area (TPSA) is 48.5 Å². The van der Waals surface area contributed by atoms with Crippen molar-refractivity contribution in [2.75, 3.05) is 0 Å². The van der Waals surface area contributed by atoms with E-state index in [0.717, 1.165) is 31.3 Å². The molecule has 0 bridgehead atoms. The molecule has 12 rings (SSSR count). The Kier molecular flexibility index (Phi) is 5.18. The number of benzene rings is 8. The van der Waals surface area contributed by atoms with Gasteiger partial charge in [0.2, 0.25) is 5.95 Å². The van der Waals surface area contributed by atoms with Crippen molar-refractivity contribution < 1.29 is 13.7 Å². The lowest BCUT2D eigenvalue weighted by molar-refractivity contribution is 0.953. The third-order valence-corrected chi connectivity index (χ3v) is 11.6. The van der Waals surface area contributed by atoms with Crippen molar-refractivity contribution in [2.45, 2.75) is 0 Å². The van der Waals surface area contributed by atoms with Crippen LogP contribution in [-0.2, 0) is 0 Å². The molecule has 6 heteroatoms. The summed E-state index contributed by atoms with van der Waals surface area (Å²) in [5.74, 6) is 0.411. The maximum absolute atomic E-state index is 10.4. The molecule has 0 radical (unpaired) electrons. The van der Waals surface area contributed by atoms with Crippen LogP contribution >= 0.6 is 11.3 Å². The Balaban J connectivity index is 1.28. The first kappa shape index (κ1) is 23.5. The molecule has 266 valence electrons. The summed E-state index contributed by atoms with van der Waals surface area (Å²) in [7, 11) is 0. The van der Waals surface area contributed by atoms with Crippen LogP contribution in [0.1, 0.15) is 13.7 Å². The van der Waals surface area contributed by atoms with Crippen molar-refractivity contribution in [3.8, 4) is 45.5 Å². The molecule has 0 aliphatic rings. The summed E-state index contributed by atoms with van der Waals surface area (Å²) in [6, 6.07) is 36.0. The summed E-state index contributed by atoms with van der Waals surface area (Å²) in [6.07, 6.45) is 0. The first-order valence-corrected chi connectivity index (χ1v) is 19.1. The maximum atomic E-state index is 10.4. The molecule has 0 saturated heterocycles. The fourth-order valence-corrected chi connectivity index (χ4v) is 8.97. The summed E-state index contributed by atoms with van der Waals surface area (Å²) < 4.78 is 98.5. The van der Waals surface area contributed by atoms with Gasteiger partial charge in [0.15, 0.2) is 11.6 Å². The van der Waals surface area contributed by atoms with Gasteiger partial charge in [-0.3, -0.25) is 4.57 Å². The average molecular weight is 756 g/mol. The van der Waals surface area contributed by atoms with Gasteiger partial charge in [0.1, 0.15) is 0 Å². The zero-order valence-corrected chi connectivity index (χ0v) is 30.6. The molecule has 12 aromatic rings. The van der Waals surface area contributed by atoms with Crippen molar-refractivity contribution in [3.63, 3.8) is 0 Å². The van der Waals surface area contributed by atoms with Crippen LogP contribution in [0.5, 0.6) is 0 Å². The predicted molar refractivity (Wildman–Crippen MR) is 238 cm³/mol. The predicted octanol–water partition coefficient (Wildman–Crippen LogP) is 13.4. The number of fused-ring (bicyclic) bond motifs is 9. The van der Waals surface area contributed by atoms with Crippen LogP contribution in [-0.4, -0.2) is 24.1 Å². The van der Waals surface area contributed by atoms with Gasteiger partial charge in [-0.2, -0.15) is 9.97 Å². The summed E-state index contributed by atoms with van der Waals surface area (Å²) in [6.45, 7) is 0. The van der Waals surface area contributed by atoms with Crippen molar-refractivity contribution in [1.29, 1.82) is 0 Å². The number of hydrogen-bond donors (Lipinski definition) is 0. The summed E-state index contributed by atoms with van der Waals surface area (Å²) in [5, 5.41) is 1.63. The highest BCUT2D eigenvalue weighted by molar-refractivity contribution is 7.25. The summed E-state index contributed by atoms with van der Waals surface area (Å²) in [5.41, 5.74) is 3.80. The molecule has 0 fully saturated rings. The average Bonchev–Trinajstić information content (AvgIpc) is 4.06. The lowest BCUT2D eigenvalue weighted by atomic mass is 10.0. The minimum Gasteiger partial charge on any atom is -0.308 e. The number of para-hydroxylation sites is 2. The molecule has 0 atom stereocenters. The van der Waals surface area contributed by atoms with Crippen LogP contribution in [0.3, 0.4) is 0 Å². The van der Waals surface area contributed by atoms with Gasteiger partial charge in [-0.1, -0.05) is 145 Å². The third kappa shape index (κ3) is 4.98. The highest BCUT2D eigenvalue weighted by Crippen LogP contribution is 2.43. The molecular formula is C51H31N5S. The van der Waals surface area contributed by atoms with Gasteiger partial charge in [0.25, 0.3) is 0 Å².